The molecule has 0 N–H and O–H groups in total. The summed E-state index contributed by atoms with van der Waals surface area (Å²) < 4.78 is 13.7. The van der Waals surface area contributed by atoms with Gasteiger partial charge in [0, 0.05) is 0 Å². The molecule has 0 radical (unpaired) electrons. The number of hydrogen-bond donors (Lipinski definition) is 0. The fourth-order valence-electron chi connectivity index (χ4n) is 2.40. The van der Waals surface area contributed by atoms with E-state index in [9.17, 15) is 4.39 Å². The van der Waals surface area contributed by atoms with E-state index < -0.39 is 0 Å². The van der Waals surface area contributed by atoms with E-state index in [0.717, 1.165) is 12.0 Å². The first-order valence-electron chi connectivity index (χ1n) is 5.59. The van der Waals surface area contributed by atoms with E-state index in [0.29, 0.717) is 5.92 Å². The Balaban J connectivity index is 2.62. The normalized spacial score (nSPS) is 19.1. The summed E-state index contributed by atoms with van der Waals surface area (Å²) in [5.74, 6) is 2.25. The fourth-order valence-corrected chi connectivity index (χ4v) is 2.40. The standard InChI is InChI=1S/C13H16BF/c1-8(2)13-10-6-4-5-9(3)12(10)11(15)7-14-13/h4-5,7-9H,6H2,1-3H3. The van der Waals surface area contributed by atoms with Crippen molar-refractivity contribution < 1.29 is 4.39 Å². The molecule has 0 aromatic carbocycles. The number of allylic oxidation sites excluding steroid dienone is 2. The summed E-state index contributed by atoms with van der Waals surface area (Å²) in [6.07, 6.45) is 5.12. The molecule has 1 heterocycles. The van der Waals surface area contributed by atoms with Gasteiger partial charge in [0.15, 0.2) is 0 Å². The number of hydrogen-bond acceptors (Lipinski definition) is 0. The zero-order valence-electron chi connectivity index (χ0n) is 9.55. The van der Waals surface area contributed by atoms with E-state index >= 15 is 0 Å². The van der Waals surface area contributed by atoms with Crippen LogP contribution in [0.3, 0.4) is 0 Å². The maximum absolute atomic E-state index is 13.7. The molecule has 0 amide bonds. The third-order valence-corrected chi connectivity index (χ3v) is 3.16. The Morgan fingerprint density at radius 2 is 2.20 bits per heavy atom. The second-order valence-corrected chi connectivity index (χ2v) is 4.60. The third kappa shape index (κ3) is 1.78. The molecule has 0 aliphatic heterocycles. The Kier molecular flexibility index (Phi) is 2.77. The quantitative estimate of drug-likeness (QED) is 0.611. The van der Waals surface area contributed by atoms with E-state index in [4.69, 9.17) is 0 Å². The van der Waals surface area contributed by atoms with Crippen LogP contribution in [0.4, 0.5) is 4.39 Å². The van der Waals surface area contributed by atoms with Crippen LogP contribution in [-0.2, 0) is 6.42 Å². The molecular weight excluding hydrogens is 186 g/mol. The molecule has 2 rings (SSSR count). The van der Waals surface area contributed by atoms with Gasteiger partial charge in [-0.15, -0.1) is 0 Å². The molecule has 1 aliphatic rings. The van der Waals surface area contributed by atoms with E-state index in [2.05, 4.69) is 32.9 Å². The SMILES string of the molecule is CC(C)c1bcc(F)c2c1CC=CC2C. The first kappa shape index (κ1) is 10.6. The first-order valence-corrected chi connectivity index (χ1v) is 5.59. The summed E-state index contributed by atoms with van der Waals surface area (Å²) >= 11 is 0. The Labute approximate surface area is 91.4 Å². The summed E-state index contributed by atoms with van der Waals surface area (Å²) in [4.78, 5) is 0. The number of halogens is 1. The first-order chi connectivity index (χ1) is 7.11. The van der Waals surface area contributed by atoms with Crippen molar-refractivity contribution in [2.24, 2.45) is 0 Å². The maximum atomic E-state index is 13.7. The van der Waals surface area contributed by atoms with E-state index in [-0.39, 0.29) is 11.7 Å². The molecule has 0 fully saturated rings. The van der Waals surface area contributed by atoms with E-state index in [1.165, 1.54) is 11.0 Å². The second-order valence-electron chi connectivity index (χ2n) is 4.60. The summed E-state index contributed by atoms with van der Waals surface area (Å²) in [6.45, 7) is 8.32. The van der Waals surface area contributed by atoms with Gasteiger partial charge in [0.1, 0.15) is 0 Å². The van der Waals surface area contributed by atoms with Gasteiger partial charge in [-0.05, 0) is 0 Å². The van der Waals surface area contributed by atoms with E-state index in [1.807, 2.05) is 6.91 Å². The zero-order valence-corrected chi connectivity index (χ0v) is 9.55. The molecule has 0 saturated carbocycles. The van der Waals surface area contributed by atoms with Crippen molar-refractivity contribution in [1.82, 2.24) is 0 Å². The van der Waals surface area contributed by atoms with E-state index in [1.54, 1.807) is 5.96 Å². The molecule has 0 nitrogen and oxygen atoms in total. The van der Waals surface area contributed by atoms with Gasteiger partial charge in [-0.3, -0.25) is 0 Å². The molecule has 1 atom stereocenters. The van der Waals surface area contributed by atoms with Gasteiger partial charge in [0.2, 0.25) is 0 Å². The van der Waals surface area contributed by atoms with Gasteiger partial charge in [-0.1, -0.05) is 0 Å². The predicted molar refractivity (Wildman–Crippen MR) is 63.1 cm³/mol. The van der Waals surface area contributed by atoms with Crippen LogP contribution in [0.25, 0.3) is 0 Å². The Bertz CT molecular complexity index is 407. The molecule has 2 heteroatoms. The average Bonchev–Trinajstić information content (AvgIpc) is 2.17. The van der Waals surface area contributed by atoms with Crippen LogP contribution >= 0.6 is 0 Å². The second kappa shape index (κ2) is 3.92. The zero-order chi connectivity index (χ0) is 11.0. The molecule has 1 aromatic rings. The summed E-state index contributed by atoms with van der Waals surface area (Å²) in [5.41, 5.74) is 3.41. The molecule has 0 saturated heterocycles. The van der Waals surface area contributed by atoms with Crippen LogP contribution in [-0.4, -0.2) is 6.91 Å². The fraction of sp³-hybridized carbons (Fsp3) is 0.462. The third-order valence-electron chi connectivity index (χ3n) is 3.16. The van der Waals surface area contributed by atoms with Gasteiger partial charge in [-0.2, -0.15) is 0 Å². The molecule has 0 spiro atoms. The summed E-state index contributed by atoms with van der Waals surface area (Å²) in [7, 11) is 0. The summed E-state index contributed by atoms with van der Waals surface area (Å²) in [5, 5.41) is 0. The van der Waals surface area contributed by atoms with Gasteiger partial charge < -0.3 is 0 Å². The van der Waals surface area contributed by atoms with Gasteiger partial charge >= 0.3 is 90.8 Å². The molecule has 0 bridgehead atoms. The number of fused-ring (bicyclic) bond motifs is 1. The summed E-state index contributed by atoms with van der Waals surface area (Å²) in [6, 6.07) is 0. The van der Waals surface area contributed by atoms with Crippen molar-refractivity contribution in [2.45, 2.75) is 39.0 Å². The van der Waals surface area contributed by atoms with Crippen molar-refractivity contribution in [2.75, 3.05) is 0 Å². The topological polar surface area (TPSA) is 0 Å². The average molecular weight is 202 g/mol. The molecule has 1 unspecified atom stereocenters. The van der Waals surface area contributed by atoms with Crippen LogP contribution in [0.1, 0.15) is 49.2 Å². The predicted octanol–water partition coefficient (Wildman–Crippen LogP) is 3.50. The van der Waals surface area contributed by atoms with Gasteiger partial charge in [0.25, 0.3) is 0 Å². The van der Waals surface area contributed by atoms with Crippen molar-refractivity contribution >= 4 is 6.91 Å². The minimum atomic E-state index is -0.0498. The van der Waals surface area contributed by atoms with Crippen LogP contribution in [0.2, 0.25) is 0 Å². The molecule has 78 valence electrons. The Morgan fingerprint density at radius 3 is 2.87 bits per heavy atom. The molecular formula is C13H16BF. The van der Waals surface area contributed by atoms with Crippen LogP contribution in [0.15, 0.2) is 18.1 Å². The van der Waals surface area contributed by atoms with Crippen molar-refractivity contribution in [3.05, 3.63) is 40.5 Å². The molecule has 1 aromatic heterocycles. The van der Waals surface area contributed by atoms with Crippen molar-refractivity contribution in [1.29, 1.82) is 0 Å². The van der Waals surface area contributed by atoms with Gasteiger partial charge in [-0.25, -0.2) is 0 Å². The van der Waals surface area contributed by atoms with Crippen LogP contribution < -0.4 is 0 Å². The Morgan fingerprint density at radius 1 is 1.47 bits per heavy atom. The monoisotopic (exact) mass is 202 g/mol. The minimum absolute atomic E-state index is 0.0498. The van der Waals surface area contributed by atoms with Crippen LogP contribution in [0, 0.1) is 5.82 Å². The van der Waals surface area contributed by atoms with Gasteiger partial charge in [0.05, 0.1) is 0 Å². The van der Waals surface area contributed by atoms with Crippen molar-refractivity contribution in [3.63, 3.8) is 0 Å². The number of rotatable bonds is 1. The van der Waals surface area contributed by atoms with Crippen LogP contribution in [0.5, 0.6) is 0 Å². The molecule has 15 heavy (non-hydrogen) atoms. The Hall–Kier alpha value is -0.915. The molecule has 1 aliphatic carbocycles. The van der Waals surface area contributed by atoms with Crippen molar-refractivity contribution in [3.8, 4) is 0 Å².